The monoisotopic (exact) mass is 687 g/mol. The van der Waals surface area contributed by atoms with Gasteiger partial charge in [0.1, 0.15) is 0 Å². The first-order valence-corrected chi connectivity index (χ1v) is 18.9. The first kappa shape index (κ1) is 30.9. The van der Waals surface area contributed by atoms with Crippen LogP contribution in [0.15, 0.2) is 188 Å². The summed E-state index contributed by atoms with van der Waals surface area (Å²) in [5, 5.41) is 5.06. The van der Waals surface area contributed by atoms with E-state index in [4.69, 9.17) is 0 Å². The van der Waals surface area contributed by atoms with Gasteiger partial charge in [-0.05, 0) is 155 Å². The Balaban J connectivity index is 1.03. The Labute approximate surface area is 316 Å². The summed E-state index contributed by atoms with van der Waals surface area (Å²) in [5.74, 6) is 0. The van der Waals surface area contributed by atoms with Crippen LogP contribution in [0.1, 0.15) is 25.0 Å². The fourth-order valence-electron chi connectivity index (χ4n) is 9.07. The van der Waals surface area contributed by atoms with E-state index in [1.807, 2.05) is 0 Å². The van der Waals surface area contributed by atoms with Gasteiger partial charge in [-0.2, -0.15) is 0 Å². The van der Waals surface area contributed by atoms with Gasteiger partial charge in [-0.25, -0.2) is 0 Å². The Morgan fingerprint density at radius 1 is 0.296 bits per heavy atom. The zero-order valence-electron chi connectivity index (χ0n) is 30.3. The van der Waals surface area contributed by atoms with Crippen LogP contribution in [-0.2, 0) is 5.41 Å². The van der Waals surface area contributed by atoms with Gasteiger partial charge in [-0.3, -0.25) is 0 Å². The molecule has 0 spiro atoms. The third-order valence-corrected chi connectivity index (χ3v) is 11.9. The number of nitrogens with zero attached hydrogens (tertiary/aromatic N) is 1. The Morgan fingerprint density at radius 3 is 1.44 bits per heavy atom. The molecule has 0 bridgehead atoms. The molecule has 0 fully saturated rings. The lowest BCUT2D eigenvalue weighted by molar-refractivity contribution is 0.660. The van der Waals surface area contributed by atoms with Crippen molar-refractivity contribution in [1.82, 2.24) is 0 Å². The molecule has 9 aromatic carbocycles. The predicted molar refractivity (Wildman–Crippen MR) is 229 cm³/mol. The molecule has 0 radical (unpaired) electrons. The summed E-state index contributed by atoms with van der Waals surface area (Å²) in [4.78, 5) is 2.43. The summed E-state index contributed by atoms with van der Waals surface area (Å²) < 4.78 is 0. The lowest BCUT2D eigenvalue weighted by Gasteiger charge is -2.29. The average molecular weight is 688 g/mol. The van der Waals surface area contributed by atoms with Crippen LogP contribution in [-0.4, -0.2) is 0 Å². The van der Waals surface area contributed by atoms with Crippen molar-refractivity contribution in [3.8, 4) is 55.6 Å². The molecule has 0 N–H and O–H groups in total. The molecule has 254 valence electrons. The maximum Gasteiger partial charge on any atom is 0.0468 e. The molecular weight excluding hydrogens is 651 g/mol. The van der Waals surface area contributed by atoms with E-state index in [-0.39, 0.29) is 5.41 Å². The molecular formula is C53H37N. The Kier molecular flexibility index (Phi) is 6.66. The van der Waals surface area contributed by atoms with E-state index in [0.717, 1.165) is 17.1 Å². The highest BCUT2D eigenvalue weighted by molar-refractivity contribution is 6.12. The molecule has 0 atom stereocenters. The third kappa shape index (κ3) is 4.72. The molecule has 0 saturated carbocycles. The van der Waals surface area contributed by atoms with Crippen LogP contribution in [0.25, 0.3) is 77.2 Å². The van der Waals surface area contributed by atoms with Gasteiger partial charge in [0.25, 0.3) is 0 Å². The van der Waals surface area contributed by atoms with Crippen molar-refractivity contribution in [3.63, 3.8) is 0 Å². The Morgan fingerprint density at radius 2 is 0.759 bits per heavy atom. The number of hydrogen-bond donors (Lipinski definition) is 0. The van der Waals surface area contributed by atoms with E-state index < -0.39 is 0 Å². The maximum atomic E-state index is 2.43. The van der Waals surface area contributed by atoms with E-state index in [1.165, 1.54) is 88.3 Å². The Hall–Kier alpha value is -6.70. The molecule has 54 heavy (non-hydrogen) atoms. The summed E-state index contributed by atoms with van der Waals surface area (Å²) in [6.45, 7) is 4.72. The average Bonchev–Trinajstić information content (AvgIpc) is 3.45. The SMILES string of the molecule is CC1(C)c2ccccc2-c2ccc(N(c3ccc(-c4ccccc4)cc3)c3ccc4cc5c(cc4c3)-c3cc4cc(-c6ccccc6)ccc4cc3-5)cc21. The van der Waals surface area contributed by atoms with Crippen LogP contribution in [0.3, 0.4) is 0 Å². The minimum atomic E-state index is -0.0874. The lowest BCUT2D eigenvalue weighted by atomic mass is 9.77. The lowest BCUT2D eigenvalue weighted by Crippen LogP contribution is -2.16. The zero-order valence-corrected chi connectivity index (χ0v) is 30.3. The second-order valence-electron chi connectivity index (χ2n) is 15.4. The van der Waals surface area contributed by atoms with Crippen molar-refractivity contribution >= 4 is 38.6 Å². The third-order valence-electron chi connectivity index (χ3n) is 11.9. The Bertz CT molecular complexity index is 2940. The quantitative estimate of drug-likeness (QED) is 0.174. The van der Waals surface area contributed by atoms with Gasteiger partial charge >= 0.3 is 0 Å². The van der Waals surface area contributed by atoms with Gasteiger partial charge in [-0.15, -0.1) is 0 Å². The van der Waals surface area contributed by atoms with Crippen LogP contribution in [0.5, 0.6) is 0 Å². The molecule has 0 amide bonds. The standard InChI is InChI=1S/C53H37N/c1-53(2)51-16-10-9-15-45(51)46-26-25-44(33-52(46)53)54(42-22-19-36(20-23-42)34-11-5-3-6-12-34)43-24-21-39-30-48-47-29-38-18-17-37(35-13-7-4-8-14-35)27-40(38)31-49(47)50(48)32-41(39)28-43/h3-33H,1-2H3. The van der Waals surface area contributed by atoms with Crippen LogP contribution in [0.2, 0.25) is 0 Å². The van der Waals surface area contributed by atoms with E-state index in [9.17, 15) is 0 Å². The fraction of sp³-hybridized carbons (Fsp3) is 0.0566. The topological polar surface area (TPSA) is 3.24 Å². The highest BCUT2D eigenvalue weighted by Crippen LogP contribution is 2.53. The van der Waals surface area contributed by atoms with Gasteiger partial charge in [0.15, 0.2) is 0 Å². The van der Waals surface area contributed by atoms with Gasteiger partial charge in [0, 0.05) is 22.5 Å². The molecule has 0 saturated heterocycles. The van der Waals surface area contributed by atoms with Crippen LogP contribution in [0, 0.1) is 0 Å². The summed E-state index contributed by atoms with van der Waals surface area (Å²) >= 11 is 0. The number of hydrogen-bond acceptors (Lipinski definition) is 1. The molecule has 0 aliphatic heterocycles. The first-order chi connectivity index (χ1) is 26.5. The predicted octanol–water partition coefficient (Wildman–Crippen LogP) is 14.8. The molecule has 11 rings (SSSR count). The second kappa shape index (κ2) is 11.7. The zero-order chi connectivity index (χ0) is 36.0. The molecule has 1 nitrogen and oxygen atoms in total. The molecule has 0 unspecified atom stereocenters. The van der Waals surface area contributed by atoms with Crippen LogP contribution >= 0.6 is 0 Å². The molecule has 1 heteroatoms. The summed E-state index contributed by atoms with van der Waals surface area (Å²) in [6.07, 6.45) is 0. The molecule has 9 aromatic rings. The highest BCUT2D eigenvalue weighted by Gasteiger charge is 2.35. The first-order valence-electron chi connectivity index (χ1n) is 18.9. The van der Waals surface area contributed by atoms with E-state index >= 15 is 0 Å². The number of benzene rings is 9. The van der Waals surface area contributed by atoms with E-state index in [0.29, 0.717) is 0 Å². The number of anilines is 3. The summed E-state index contributed by atoms with van der Waals surface area (Å²) in [7, 11) is 0. The summed E-state index contributed by atoms with van der Waals surface area (Å²) in [6, 6.07) is 69.6. The number of rotatable bonds is 5. The van der Waals surface area contributed by atoms with Gasteiger partial charge < -0.3 is 4.90 Å². The van der Waals surface area contributed by atoms with Crippen molar-refractivity contribution in [2.75, 3.05) is 4.90 Å². The smallest absolute Gasteiger partial charge is 0.0468 e. The molecule has 2 aliphatic carbocycles. The minimum Gasteiger partial charge on any atom is -0.310 e. The van der Waals surface area contributed by atoms with Crippen molar-refractivity contribution in [2.24, 2.45) is 0 Å². The largest absolute Gasteiger partial charge is 0.310 e. The summed E-state index contributed by atoms with van der Waals surface area (Å²) in [5.41, 5.74) is 19.1. The molecule has 0 aromatic heterocycles. The van der Waals surface area contributed by atoms with Gasteiger partial charge in [0.05, 0.1) is 0 Å². The van der Waals surface area contributed by atoms with Crippen LogP contribution < -0.4 is 4.90 Å². The number of fused-ring (bicyclic) bond motifs is 9. The van der Waals surface area contributed by atoms with Gasteiger partial charge in [0.2, 0.25) is 0 Å². The van der Waals surface area contributed by atoms with Gasteiger partial charge in [-0.1, -0.05) is 135 Å². The molecule has 2 aliphatic rings. The van der Waals surface area contributed by atoms with Crippen molar-refractivity contribution in [1.29, 1.82) is 0 Å². The normalized spacial score (nSPS) is 13.1. The highest BCUT2D eigenvalue weighted by atomic mass is 15.1. The van der Waals surface area contributed by atoms with Crippen molar-refractivity contribution < 1.29 is 0 Å². The van der Waals surface area contributed by atoms with Crippen molar-refractivity contribution in [2.45, 2.75) is 19.3 Å². The molecule has 0 heterocycles. The second-order valence-corrected chi connectivity index (χ2v) is 15.4. The van der Waals surface area contributed by atoms with Crippen molar-refractivity contribution in [3.05, 3.63) is 199 Å². The minimum absolute atomic E-state index is 0.0874. The van der Waals surface area contributed by atoms with E-state index in [2.05, 4.69) is 207 Å². The van der Waals surface area contributed by atoms with E-state index in [1.54, 1.807) is 0 Å². The van der Waals surface area contributed by atoms with Crippen LogP contribution in [0.4, 0.5) is 17.1 Å². The fourth-order valence-corrected chi connectivity index (χ4v) is 9.07. The maximum absolute atomic E-state index is 2.43.